The van der Waals surface area contributed by atoms with Crippen molar-refractivity contribution in [3.05, 3.63) is 48.5 Å². The maximum atomic E-state index is 12.8. The zero-order valence-electron chi connectivity index (χ0n) is 11.9. The molecule has 0 aliphatic carbocycles. The standard InChI is InChI=1S/C15H16FN3O2S/c16-12-10-17-15(18-11-12)19-8-6-14(7-9-19)22(20,21)13-4-2-1-3-5-13/h1-5,10-11,14H,6-9H2. The molecule has 0 bridgehead atoms. The molecule has 0 N–H and O–H groups in total. The highest BCUT2D eigenvalue weighted by molar-refractivity contribution is 7.92. The smallest absolute Gasteiger partial charge is 0.225 e. The summed E-state index contributed by atoms with van der Waals surface area (Å²) in [4.78, 5) is 10.1. The zero-order chi connectivity index (χ0) is 15.6. The number of aromatic nitrogens is 2. The van der Waals surface area contributed by atoms with E-state index in [1.807, 2.05) is 4.90 Å². The number of hydrogen-bond donors (Lipinski definition) is 0. The molecule has 0 saturated carbocycles. The van der Waals surface area contributed by atoms with E-state index in [-0.39, 0.29) is 0 Å². The number of anilines is 1. The topological polar surface area (TPSA) is 63.2 Å². The van der Waals surface area contributed by atoms with E-state index >= 15 is 0 Å². The van der Waals surface area contributed by atoms with Crippen LogP contribution in [-0.4, -0.2) is 36.7 Å². The van der Waals surface area contributed by atoms with E-state index in [0.717, 1.165) is 12.4 Å². The van der Waals surface area contributed by atoms with Gasteiger partial charge in [-0.2, -0.15) is 0 Å². The molecule has 3 rings (SSSR count). The van der Waals surface area contributed by atoms with Gasteiger partial charge >= 0.3 is 0 Å². The van der Waals surface area contributed by atoms with Crippen LogP contribution < -0.4 is 4.90 Å². The molecule has 0 radical (unpaired) electrons. The van der Waals surface area contributed by atoms with Crippen molar-refractivity contribution < 1.29 is 12.8 Å². The van der Waals surface area contributed by atoms with E-state index in [4.69, 9.17) is 0 Å². The minimum atomic E-state index is -3.30. The van der Waals surface area contributed by atoms with Crippen LogP contribution in [0.1, 0.15) is 12.8 Å². The lowest BCUT2D eigenvalue weighted by molar-refractivity contribution is 0.524. The maximum absolute atomic E-state index is 12.8. The summed E-state index contributed by atoms with van der Waals surface area (Å²) >= 11 is 0. The van der Waals surface area contributed by atoms with Crippen molar-refractivity contribution >= 4 is 15.8 Å². The molecule has 0 unspecified atom stereocenters. The predicted molar refractivity (Wildman–Crippen MR) is 80.9 cm³/mol. The van der Waals surface area contributed by atoms with Crippen molar-refractivity contribution in [2.45, 2.75) is 23.0 Å². The van der Waals surface area contributed by atoms with Gasteiger partial charge in [0.1, 0.15) is 0 Å². The summed E-state index contributed by atoms with van der Waals surface area (Å²) in [5.41, 5.74) is 0. The molecule has 116 valence electrons. The first-order valence-corrected chi connectivity index (χ1v) is 8.63. The van der Waals surface area contributed by atoms with E-state index in [0.29, 0.717) is 36.8 Å². The summed E-state index contributed by atoms with van der Waals surface area (Å²) < 4.78 is 38.0. The van der Waals surface area contributed by atoms with Gasteiger partial charge in [-0.15, -0.1) is 0 Å². The largest absolute Gasteiger partial charge is 0.341 e. The lowest BCUT2D eigenvalue weighted by atomic mass is 10.1. The fourth-order valence-corrected chi connectivity index (χ4v) is 4.39. The average molecular weight is 321 g/mol. The molecule has 0 spiro atoms. The fraction of sp³-hybridized carbons (Fsp3) is 0.333. The van der Waals surface area contributed by atoms with Crippen LogP contribution in [-0.2, 0) is 9.84 Å². The second-order valence-electron chi connectivity index (χ2n) is 5.25. The third-order valence-electron chi connectivity index (χ3n) is 3.84. The lowest BCUT2D eigenvalue weighted by Gasteiger charge is -2.31. The number of piperidine rings is 1. The summed E-state index contributed by atoms with van der Waals surface area (Å²) in [5, 5.41) is -0.397. The molecule has 5 nitrogen and oxygen atoms in total. The summed E-state index contributed by atoms with van der Waals surface area (Å²) in [6.07, 6.45) is 3.26. The Bertz CT molecular complexity index is 727. The number of hydrogen-bond acceptors (Lipinski definition) is 5. The zero-order valence-corrected chi connectivity index (χ0v) is 12.7. The summed E-state index contributed by atoms with van der Waals surface area (Å²) in [6, 6.07) is 8.52. The van der Waals surface area contributed by atoms with Gasteiger partial charge in [0.15, 0.2) is 15.7 Å². The molecule has 22 heavy (non-hydrogen) atoms. The van der Waals surface area contributed by atoms with Gasteiger partial charge in [0.25, 0.3) is 0 Å². The third-order valence-corrected chi connectivity index (χ3v) is 6.12. The van der Waals surface area contributed by atoms with Crippen molar-refractivity contribution in [1.82, 2.24) is 9.97 Å². The summed E-state index contributed by atoms with van der Waals surface area (Å²) in [6.45, 7) is 1.09. The van der Waals surface area contributed by atoms with Gasteiger partial charge in [-0.3, -0.25) is 0 Å². The quantitative estimate of drug-likeness (QED) is 0.866. The molecule has 1 fully saturated rings. The monoisotopic (exact) mass is 321 g/mol. The SMILES string of the molecule is O=S(=O)(c1ccccc1)C1CCN(c2ncc(F)cn2)CC1. The highest BCUT2D eigenvalue weighted by Crippen LogP contribution is 2.25. The Morgan fingerprint density at radius 3 is 2.23 bits per heavy atom. The molecule has 1 aliphatic heterocycles. The van der Waals surface area contributed by atoms with Crippen molar-refractivity contribution in [3.8, 4) is 0 Å². The van der Waals surface area contributed by atoms with Gasteiger partial charge < -0.3 is 4.90 Å². The number of nitrogens with zero attached hydrogens (tertiary/aromatic N) is 3. The Labute approximate surface area is 128 Å². The van der Waals surface area contributed by atoms with Crippen LogP contribution in [0.4, 0.5) is 10.3 Å². The number of halogens is 1. The van der Waals surface area contributed by atoms with Crippen molar-refractivity contribution in [1.29, 1.82) is 0 Å². The van der Waals surface area contributed by atoms with Gasteiger partial charge in [-0.25, -0.2) is 22.8 Å². The summed E-state index contributed by atoms with van der Waals surface area (Å²) in [7, 11) is -3.30. The normalized spacial score (nSPS) is 16.7. The van der Waals surface area contributed by atoms with Crippen molar-refractivity contribution in [3.63, 3.8) is 0 Å². The molecule has 1 aliphatic rings. The van der Waals surface area contributed by atoms with Crippen LogP contribution in [0.25, 0.3) is 0 Å². The Kier molecular flexibility index (Phi) is 4.06. The van der Waals surface area contributed by atoms with E-state index in [9.17, 15) is 12.8 Å². The first kappa shape index (κ1) is 14.9. The number of sulfone groups is 1. The van der Waals surface area contributed by atoms with Crippen LogP contribution in [0.5, 0.6) is 0 Å². The maximum Gasteiger partial charge on any atom is 0.225 e. The molecule has 0 amide bonds. The van der Waals surface area contributed by atoms with Gasteiger partial charge in [-0.05, 0) is 25.0 Å². The van der Waals surface area contributed by atoms with Gasteiger partial charge in [0.05, 0.1) is 22.5 Å². The van der Waals surface area contributed by atoms with E-state index in [1.165, 1.54) is 0 Å². The van der Waals surface area contributed by atoms with Crippen molar-refractivity contribution in [2.24, 2.45) is 0 Å². The van der Waals surface area contributed by atoms with E-state index in [2.05, 4.69) is 9.97 Å². The van der Waals surface area contributed by atoms with Crippen LogP contribution in [0.15, 0.2) is 47.6 Å². The van der Waals surface area contributed by atoms with Crippen LogP contribution in [0.2, 0.25) is 0 Å². The Morgan fingerprint density at radius 2 is 1.64 bits per heavy atom. The fourth-order valence-electron chi connectivity index (χ4n) is 2.64. The molecule has 0 atom stereocenters. The van der Waals surface area contributed by atoms with Crippen LogP contribution in [0, 0.1) is 5.82 Å². The molecular formula is C15H16FN3O2S. The lowest BCUT2D eigenvalue weighted by Crippen LogP contribution is -2.40. The third kappa shape index (κ3) is 2.94. The van der Waals surface area contributed by atoms with E-state index < -0.39 is 20.9 Å². The van der Waals surface area contributed by atoms with Gasteiger partial charge in [0.2, 0.25) is 5.95 Å². The van der Waals surface area contributed by atoms with Crippen LogP contribution in [0.3, 0.4) is 0 Å². The van der Waals surface area contributed by atoms with Crippen molar-refractivity contribution in [2.75, 3.05) is 18.0 Å². The minimum Gasteiger partial charge on any atom is -0.341 e. The second kappa shape index (κ2) is 6.00. The first-order valence-electron chi connectivity index (χ1n) is 7.09. The molecule has 1 aromatic carbocycles. The Morgan fingerprint density at radius 1 is 1.05 bits per heavy atom. The van der Waals surface area contributed by atoms with E-state index in [1.54, 1.807) is 30.3 Å². The highest BCUT2D eigenvalue weighted by Gasteiger charge is 2.31. The van der Waals surface area contributed by atoms with Gasteiger partial charge in [0, 0.05) is 13.1 Å². The van der Waals surface area contributed by atoms with Crippen LogP contribution >= 0.6 is 0 Å². The second-order valence-corrected chi connectivity index (χ2v) is 7.47. The molecule has 2 aromatic rings. The number of benzene rings is 1. The predicted octanol–water partition coefficient (Wildman–Crippen LogP) is 2.06. The Balaban J connectivity index is 1.70. The minimum absolute atomic E-state index is 0.367. The Hall–Kier alpha value is -2.02. The molecule has 1 aromatic heterocycles. The molecule has 7 heteroatoms. The first-order chi connectivity index (χ1) is 10.6. The summed E-state index contributed by atoms with van der Waals surface area (Å²) in [5.74, 6) is -0.0396. The molecule has 2 heterocycles. The van der Waals surface area contributed by atoms with Gasteiger partial charge in [-0.1, -0.05) is 18.2 Å². The number of rotatable bonds is 3. The highest BCUT2D eigenvalue weighted by atomic mass is 32.2. The average Bonchev–Trinajstić information content (AvgIpc) is 2.56. The molecule has 1 saturated heterocycles. The molecular weight excluding hydrogens is 305 g/mol.